The molecule has 2 aromatic rings. The van der Waals surface area contributed by atoms with Crippen LogP contribution in [-0.2, 0) is 7.05 Å². The zero-order chi connectivity index (χ0) is 11.1. The number of fused-ring (bicyclic) bond motifs is 1. The first-order valence-corrected chi connectivity index (χ1v) is 4.93. The number of ether oxygens (including phenoxy) is 2. The number of nitrogen functional groups attached to an aromatic ring is 1. The van der Waals surface area contributed by atoms with Gasteiger partial charge in [0.05, 0.1) is 0 Å². The van der Waals surface area contributed by atoms with Gasteiger partial charge in [0.15, 0.2) is 17.3 Å². The Morgan fingerprint density at radius 3 is 2.88 bits per heavy atom. The minimum absolute atomic E-state index is 0.279. The summed E-state index contributed by atoms with van der Waals surface area (Å²) in [4.78, 5) is 0. The average Bonchev–Trinajstić information content (AvgIpc) is 2.83. The maximum Gasteiger partial charge on any atom is 0.231 e. The summed E-state index contributed by atoms with van der Waals surface area (Å²) < 4.78 is 12.3. The van der Waals surface area contributed by atoms with Crippen molar-refractivity contribution < 1.29 is 9.47 Å². The Balaban J connectivity index is 2.10. The summed E-state index contributed by atoms with van der Waals surface area (Å²) in [7, 11) is 1.84. The summed E-state index contributed by atoms with van der Waals surface area (Å²) in [5.41, 5.74) is 7.70. The topological polar surface area (TPSA) is 62.3 Å². The fourth-order valence-corrected chi connectivity index (χ4v) is 1.79. The van der Waals surface area contributed by atoms with E-state index in [9.17, 15) is 0 Å². The molecule has 0 spiro atoms. The molecular weight excluding hydrogens is 206 g/mol. The Morgan fingerprint density at radius 1 is 1.31 bits per heavy atom. The summed E-state index contributed by atoms with van der Waals surface area (Å²) in [6, 6.07) is 5.74. The van der Waals surface area contributed by atoms with Gasteiger partial charge >= 0.3 is 0 Å². The predicted molar refractivity (Wildman–Crippen MR) is 59.2 cm³/mol. The normalized spacial score (nSPS) is 13.1. The van der Waals surface area contributed by atoms with E-state index < -0.39 is 0 Å². The molecular formula is C11H11N3O2. The van der Waals surface area contributed by atoms with Gasteiger partial charge in [-0.25, -0.2) is 0 Å². The highest BCUT2D eigenvalue weighted by Crippen LogP contribution is 2.36. The average molecular weight is 217 g/mol. The molecule has 2 N–H and O–H groups in total. The van der Waals surface area contributed by atoms with Gasteiger partial charge in [-0.3, -0.25) is 4.68 Å². The number of benzene rings is 1. The van der Waals surface area contributed by atoms with Gasteiger partial charge in [0.25, 0.3) is 0 Å². The van der Waals surface area contributed by atoms with Gasteiger partial charge in [0.2, 0.25) is 6.79 Å². The predicted octanol–water partition coefficient (Wildman–Crippen LogP) is 1.40. The van der Waals surface area contributed by atoms with E-state index in [4.69, 9.17) is 15.2 Å². The summed E-state index contributed by atoms with van der Waals surface area (Å²) in [6.45, 7) is 0.279. The van der Waals surface area contributed by atoms with Gasteiger partial charge in [-0.05, 0) is 17.7 Å². The first-order valence-electron chi connectivity index (χ1n) is 4.93. The number of nitrogens with zero attached hydrogens (tertiary/aromatic N) is 2. The van der Waals surface area contributed by atoms with Crippen molar-refractivity contribution in [2.24, 2.45) is 7.05 Å². The van der Waals surface area contributed by atoms with Gasteiger partial charge in [0.1, 0.15) is 0 Å². The van der Waals surface area contributed by atoms with Crippen LogP contribution in [-0.4, -0.2) is 16.6 Å². The second-order valence-electron chi connectivity index (χ2n) is 3.67. The van der Waals surface area contributed by atoms with Crippen LogP contribution in [0.2, 0.25) is 0 Å². The van der Waals surface area contributed by atoms with Gasteiger partial charge in [-0.1, -0.05) is 6.07 Å². The molecule has 0 unspecified atom stereocenters. The lowest BCUT2D eigenvalue weighted by molar-refractivity contribution is 0.174. The zero-order valence-electron chi connectivity index (χ0n) is 8.80. The second kappa shape index (κ2) is 3.16. The third kappa shape index (κ3) is 1.29. The molecule has 1 aliphatic rings. The molecule has 82 valence electrons. The number of aromatic nitrogens is 2. The van der Waals surface area contributed by atoms with Gasteiger partial charge in [0, 0.05) is 18.8 Å². The largest absolute Gasteiger partial charge is 0.454 e. The van der Waals surface area contributed by atoms with Crippen molar-refractivity contribution in [1.82, 2.24) is 9.78 Å². The maximum atomic E-state index is 5.81. The van der Waals surface area contributed by atoms with Crippen molar-refractivity contribution in [2.75, 3.05) is 12.5 Å². The lowest BCUT2D eigenvalue weighted by Gasteiger charge is -2.00. The van der Waals surface area contributed by atoms with Gasteiger partial charge < -0.3 is 15.2 Å². The lowest BCUT2D eigenvalue weighted by atomic mass is 10.1. The lowest BCUT2D eigenvalue weighted by Crippen LogP contribution is -1.92. The molecule has 0 aliphatic carbocycles. The molecule has 16 heavy (non-hydrogen) atoms. The van der Waals surface area contributed by atoms with Crippen molar-refractivity contribution >= 4 is 5.82 Å². The number of aryl methyl sites for hydroxylation is 1. The fourth-order valence-electron chi connectivity index (χ4n) is 1.79. The van der Waals surface area contributed by atoms with Crippen LogP contribution in [0, 0.1) is 0 Å². The molecule has 2 heterocycles. The van der Waals surface area contributed by atoms with Crippen LogP contribution in [0.3, 0.4) is 0 Å². The molecule has 1 aromatic carbocycles. The van der Waals surface area contributed by atoms with E-state index in [1.165, 1.54) is 0 Å². The third-order valence-electron chi connectivity index (χ3n) is 2.54. The number of rotatable bonds is 1. The van der Waals surface area contributed by atoms with Crippen molar-refractivity contribution in [2.45, 2.75) is 0 Å². The maximum absolute atomic E-state index is 5.81. The molecule has 0 saturated heterocycles. The van der Waals surface area contributed by atoms with Crippen LogP contribution < -0.4 is 15.2 Å². The number of hydrogen-bond donors (Lipinski definition) is 1. The molecule has 1 aromatic heterocycles. The van der Waals surface area contributed by atoms with Crippen molar-refractivity contribution in [3.05, 3.63) is 24.4 Å². The minimum atomic E-state index is 0.279. The van der Waals surface area contributed by atoms with Crippen LogP contribution in [0.1, 0.15) is 0 Å². The molecule has 5 nitrogen and oxygen atoms in total. The van der Waals surface area contributed by atoms with E-state index in [0.29, 0.717) is 5.82 Å². The molecule has 5 heteroatoms. The molecule has 0 saturated carbocycles. The van der Waals surface area contributed by atoms with Crippen molar-refractivity contribution in [3.8, 4) is 22.6 Å². The Bertz CT molecular complexity index is 548. The van der Waals surface area contributed by atoms with Crippen LogP contribution in [0.15, 0.2) is 24.4 Å². The molecule has 1 aliphatic heterocycles. The van der Waals surface area contributed by atoms with Crippen LogP contribution in [0.5, 0.6) is 11.5 Å². The third-order valence-corrected chi connectivity index (χ3v) is 2.54. The Hall–Kier alpha value is -2.17. The summed E-state index contributed by atoms with van der Waals surface area (Å²) in [6.07, 6.45) is 1.88. The number of nitrogens with two attached hydrogens (primary N) is 1. The van der Waals surface area contributed by atoms with Crippen LogP contribution >= 0.6 is 0 Å². The molecule has 3 rings (SSSR count). The van der Waals surface area contributed by atoms with Crippen molar-refractivity contribution in [3.63, 3.8) is 0 Å². The zero-order valence-corrected chi connectivity index (χ0v) is 8.80. The Labute approximate surface area is 92.4 Å². The van der Waals surface area contributed by atoms with E-state index in [0.717, 1.165) is 22.6 Å². The smallest absolute Gasteiger partial charge is 0.231 e. The van der Waals surface area contributed by atoms with Gasteiger partial charge in [-0.15, -0.1) is 0 Å². The Morgan fingerprint density at radius 2 is 2.12 bits per heavy atom. The highest BCUT2D eigenvalue weighted by molar-refractivity contribution is 5.75. The fraction of sp³-hybridized carbons (Fsp3) is 0.182. The van der Waals surface area contributed by atoms with E-state index in [-0.39, 0.29) is 6.79 Å². The van der Waals surface area contributed by atoms with E-state index in [1.54, 1.807) is 4.68 Å². The monoisotopic (exact) mass is 217 g/mol. The molecule has 0 atom stereocenters. The molecule has 0 fully saturated rings. The molecule has 0 amide bonds. The first kappa shape index (κ1) is 9.08. The summed E-state index contributed by atoms with van der Waals surface area (Å²) in [5, 5.41) is 4.10. The summed E-state index contributed by atoms with van der Waals surface area (Å²) >= 11 is 0. The van der Waals surface area contributed by atoms with Gasteiger partial charge in [-0.2, -0.15) is 5.10 Å². The SMILES string of the molecule is Cn1cc(-c2ccc3c(c2)OCO3)c(N)n1. The first-order chi connectivity index (χ1) is 7.74. The van der Waals surface area contributed by atoms with E-state index in [2.05, 4.69) is 5.10 Å². The minimum Gasteiger partial charge on any atom is -0.454 e. The number of anilines is 1. The van der Waals surface area contributed by atoms with Crippen LogP contribution in [0.25, 0.3) is 11.1 Å². The molecule has 0 bridgehead atoms. The van der Waals surface area contributed by atoms with E-state index >= 15 is 0 Å². The van der Waals surface area contributed by atoms with E-state index in [1.807, 2.05) is 31.4 Å². The molecule has 0 radical (unpaired) electrons. The van der Waals surface area contributed by atoms with Crippen molar-refractivity contribution in [1.29, 1.82) is 0 Å². The highest BCUT2D eigenvalue weighted by atomic mass is 16.7. The number of hydrogen-bond acceptors (Lipinski definition) is 4. The summed E-state index contributed by atoms with van der Waals surface area (Å²) in [5.74, 6) is 2.04. The van der Waals surface area contributed by atoms with Crippen LogP contribution in [0.4, 0.5) is 5.82 Å². The standard InChI is InChI=1S/C11H11N3O2/c1-14-5-8(11(12)13-14)7-2-3-9-10(4-7)16-6-15-9/h2-5H,6H2,1H3,(H2,12,13). The quantitative estimate of drug-likeness (QED) is 0.784. The Kier molecular flexibility index (Phi) is 1.80. The highest BCUT2D eigenvalue weighted by Gasteiger charge is 2.15. The second-order valence-corrected chi connectivity index (χ2v) is 3.67.